The lowest BCUT2D eigenvalue weighted by molar-refractivity contribution is 0.0664. The van der Waals surface area contributed by atoms with Gasteiger partial charge in [-0.2, -0.15) is 0 Å². The zero-order valence-electron chi connectivity index (χ0n) is 19.7. The van der Waals surface area contributed by atoms with Crippen LogP contribution in [-0.4, -0.2) is 59.4 Å². The van der Waals surface area contributed by atoms with Gasteiger partial charge in [-0.15, -0.1) is 0 Å². The quantitative estimate of drug-likeness (QED) is 0.616. The predicted octanol–water partition coefficient (Wildman–Crippen LogP) is 2.52. The van der Waals surface area contributed by atoms with Crippen molar-refractivity contribution < 1.29 is 9.59 Å². The Morgan fingerprint density at radius 2 is 1.65 bits per heavy atom. The number of aryl methyl sites for hydroxylation is 1. The van der Waals surface area contributed by atoms with Gasteiger partial charge in [-0.05, 0) is 49.4 Å². The summed E-state index contributed by atoms with van der Waals surface area (Å²) in [5.41, 5.74) is 3.41. The summed E-state index contributed by atoms with van der Waals surface area (Å²) in [6, 6.07) is 18.5. The largest absolute Gasteiger partial charge is 0.348 e. The van der Waals surface area contributed by atoms with Gasteiger partial charge < -0.3 is 19.7 Å². The van der Waals surface area contributed by atoms with Gasteiger partial charge in [0.1, 0.15) is 5.56 Å². The first kappa shape index (κ1) is 23.4. The van der Waals surface area contributed by atoms with Gasteiger partial charge in [-0.25, -0.2) is 0 Å². The number of amides is 2. The zero-order valence-corrected chi connectivity index (χ0v) is 19.7. The van der Waals surface area contributed by atoms with E-state index in [1.54, 1.807) is 35.0 Å². The summed E-state index contributed by atoms with van der Waals surface area (Å²) in [5.74, 6) is -0.386. The van der Waals surface area contributed by atoms with Crippen LogP contribution in [0.25, 0.3) is 0 Å². The predicted molar refractivity (Wildman–Crippen MR) is 132 cm³/mol. The van der Waals surface area contributed by atoms with Crippen LogP contribution in [0.1, 0.15) is 37.4 Å². The molecule has 7 nitrogen and oxygen atoms in total. The Morgan fingerprint density at radius 3 is 2.35 bits per heavy atom. The van der Waals surface area contributed by atoms with Crippen LogP contribution < -0.4 is 10.9 Å². The maximum Gasteiger partial charge on any atom is 0.263 e. The number of hydrogen-bond acceptors (Lipinski definition) is 4. The molecule has 1 aliphatic rings. The van der Waals surface area contributed by atoms with Crippen LogP contribution >= 0.6 is 0 Å². The maximum absolute atomic E-state index is 12.9. The van der Waals surface area contributed by atoms with Crippen LogP contribution in [0.2, 0.25) is 0 Å². The van der Waals surface area contributed by atoms with Crippen LogP contribution in [0, 0.1) is 6.92 Å². The molecule has 0 spiro atoms. The third-order valence-corrected chi connectivity index (χ3v) is 6.14. The highest BCUT2D eigenvalue weighted by atomic mass is 16.2. The van der Waals surface area contributed by atoms with E-state index >= 15 is 0 Å². The van der Waals surface area contributed by atoms with Crippen molar-refractivity contribution in [2.45, 2.75) is 20.0 Å². The monoisotopic (exact) mass is 458 g/mol. The second-order valence-corrected chi connectivity index (χ2v) is 8.82. The third kappa shape index (κ3) is 5.61. The lowest BCUT2D eigenvalue weighted by Crippen LogP contribution is -2.47. The van der Waals surface area contributed by atoms with Crippen LogP contribution in [0.15, 0.2) is 71.7 Å². The van der Waals surface area contributed by atoms with E-state index in [0.29, 0.717) is 12.1 Å². The Morgan fingerprint density at radius 1 is 0.912 bits per heavy atom. The van der Waals surface area contributed by atoms with Crippen molar-refractivity contribution in [1.82, 2.24) is 19.7 Å². The molecule has 0 unspecified atom stereocenters. The van der Waals surface area contributed by atoms with Crippen LogP contribution in [0.5, 0.6) is 0 Å². The number of piperazine rings is 1. The number of likely N-dealkylation sites (N-methyl/N-ethyl adjacent to an activating group) is 1. The molecule has 1 fully saturated rings. The summed E-state index contributed by atoms with van der Waals surface area (Å²) < 4.78 is 1.54. The molecule has 7 heteroatoms. The molecule has 4 rings (SSSR count). The minimum Gasteiger partial charge on any atom is -0.348 e. The number of nitrogens with one attached hydrogen (secondary N) is 1. The van der Waals surface area contributed by atoms with Gasteiger partial charge in [-0.1, -0.05) is 42.0 Å². The van der Waals surface area contributed by atoms with Crippen molar-refractivity contribution in [3.8, 4) is 0 Å². The maximum atomic E-state index is 12.9. The molecule has 0 bridgehead atoms. The van der Waals surface area contributed by atoms with Crippen molar-refractivity contribution in [1.29, 1.82) is 0 Å². The molecule has 0 atom stereocenters. The van der Waals surface area contributed by atoms with E-state index in [0.717, 1.165) is 42.9 Å². The summed E-state index contributed by atoms with van der Waals surface area (Å²) in [6.45, 7) is 5.89. The zero-order chi connectivity index (χ0) is 24.1. The van der Waals surface area contributed by atoms with Gasteiger partial charge in [0.05, 0.1) is 6.54 Å². The van der Waals surface area contributed by atoms with E-state index in [-0.39, 0.29) is 23.6 Å². The fourth-order valence-electron chi connectivity index (χ4n) is 4.08. The lowest BCUT2D eigenvalue weighted by atomic mass is 10.1. The number of carbonyl (C=O) groups excluding carboxylic acids is 2. The number of aromatic nitrogens is 1. The molecule has 1 saturated heterocycles. The van der Waals surface area contributed by atoms with E-state index in [2.05, 4.69) is 17.3 Å². The topological polar surface area (TPSA) is 74.7 Å². The molecule has 0 aliphatic carbocycles. The van der Waals surface area contributed by atoms with E-state index < -0.39 is 5.91 Å². The van der Waals surface area contributed by atoms with Gasteiger partial charge >= 0.3 is 0 Å². The fourth-order valence-corrected chi connectivity index (χ4v) is 4.08. The Labute approximate surface area is 199 Å². The van der Waals surface area contributed by atoms with Crippen molar-refractivity contribution in [3.05, 3.63) is 105 Å². The Hall–Kier alpha value is -3.71. The highest BCUT2D eigenvalue weighted by molar-refractivity contribution is 5.95. The fraction of sp³-hybridized carbons (Fsp3) is 0.296. The molecule has 2 aromatic carbocycles. The van der Waals surface area contributed by atoms with Crippen molar-refractivity contribution in [2.75, 3.05) is 33.2 Å². The molecular formula is C27H30N4O3. The number of carbonyl (C=O) groups is 2. The minimum atomic E-state index is -0.416. The molecule has 3 aromatic rings. The molecule has 0 radical (unpaired) electrons. The SMILES string of the molecule is Cc1cccc(Cn2cccc(C(=O)NCc3ccc(C(=O)N4CCN(C)CC4)cc3)c2=O)c1. The first-order valence-electron chi connectivity index (χ1n) is 11.5. The summed E-state index contributed by atoms with van der Waals surface area (Å²) in [4.78, 5) is 42.3. The van der Waals surface area contributed by atoms with E-state index in [9.17, 15) is 14.4 Å². The molecular weight excluding hydrogens is 428 g/mol. The number of benzene rings is 2. The second kappa shape index (κ2) is 10.5. The van der Waals surface area contributed by atoms with Crippen LogP contribution in [0.4, 0.5) is 0 Å². The average Bonchev–Trinajstić information content (AvgIpc) is 2.84. The number of pyridine rings is 1. The molecule has 2 amide bonds. The van der Waals surface area contributed by atoms with Crippen molar-refractivity contribution in [2.24, 2.45) is 0 Å². The Balaban J connectivity index is 1.37. The van der Waals surface area contributed by atoms with E-state index in [1.807, 2.05) is 48.2 Å². The normalized spacial score (nSPS) is 14.1. The molecule has 1 aliphatic heterocycles. The van der Waals surface area contributed by atoms with Gasteiger partial charge in [0.2, 0.25) is 0 Å². The lowest BCUT2D eigenvalue weighted by Gasteiger charge is -2.32. The van der Waals surface area contributed by atoms with Crippen LogP contribution in [-0.2, 0) is 13.1 Å². The molecule has 0 saturated carbocycles. The number of nitrogens with zero attached hydrogens (tertiary/aromatic N) is 3. The standard InChI is InChI=1S/C27H30N4O3/c1-20-5-3-6-22(17-20)19-31-12-4-7-24(27(31)34)25(32)28-18-21-8-10-23(11-9-21)26(33)30-15-13-29(2)14-16-30/h3-12,17H,13-16,18-19H2,1-2H3,(H,28,32). The Bertz CT molecular complexity index is 1230. The van der Waals surface area contributed by atoms with Gasteiger partial charge in [0, 0.05) is 44.5 Å². The summed E-state index contributed by atoms with van der Waals surface area (Å²) in [6.07, 6.45) is 1.69. The molecule has 34 heavy (non-hydrogen) atoms. The summed E-state index contributed by atoms with van der Waals surface area (Å²) in [7, 11) is 2.06. The van der Waals surface area contributed by atoms with E-state index in [4.69, 9.17) is 0 Å². The molecule has 1 N–H and O–H groups in total. The summed E-state index contributed by atoms with van der Waals surface area (Å²) in [5, 5.41) is 2.82. The average molecular weight is 459 g/mol. The van der Waals surface area contributed by atoms with Crippen LogP contribution in [0.3, 0.4) is 0 Å². The minimum absolute atomic E-state index is 0.0298. The number of hydrogen-bond donors (Lipinski definition) is 1. The Kier molecular flexibility index (Phi) is 7.23. The van der Waals surface area contributed by atoms with E-state index in [1.165, 1.54) is 0 Å². The number of rotatable bonds is 6. The molecule has 176 valence electrons. The first-order chi connectivity index (χ1) is 16.4. The van der Waals surface area contributed by atoms with Crippen molar-refractivity contribution in [3.63, 3.8) is 0 Å². The van der Waals surface area contributed by atoms with Gasteiger partial charge in [0.15, 0.2) is 0 Å². The highest BCUT2D eigenvalue weighted by Crippen LogP contribution is 2.11. The van der Waals surface area contributed by atoms with Gasteiger partial charge in [0.25, 0.3) is 17.4 Å². The molecule has 2 heterocycles. The highest BCUT2D eigenvalue weighted by Gasteiger charge is 2.20. The first-order valence-corrected chi connectivity index (χ1v) is 11.5. The van der Waals surface area contributed by atoms with Gasteiger partial charge in [-0.3, -0.25) is 14.4 Å². The molecule has 1 aromatic heterocycles. The second-order valence-electron chi connectivity index (χ2n) is 8.82. The van der Waals surface area contributed by atoms with Crippen molar-refractivity contribution >= 4 is 11.8 Å². The summed E-state index contributed by atoms with van der Waals surface area (Å²) >= 11 is 0. The smallest absolute Gasteiger partial charge is 0.263 e. The third-order valence-electron chi connectivity index (χ3n) is 6.14.